The van der Waals surface area contributed by atoms with E-state index in [0.29, 0.717) is 35.3 Å². The van der Waals surface area contributed by atoms with Crippen LogP contribution in [0.25, 0.3) is 22.2 Å². The van der Waals surface area contributed by atoms with Crippen LogP contribution in [0.5, 0.6) is 11.8 Å². The summed E-state index contributed by atoms with van der Waals surface area (Å²) in [6.45, 7) is 8.46. The van der Waals surface area contributed by atoms with Crippen LogP contribution in [-0.4, -0.2) is 43.0 Å². The van der Waals surface area contributed by atoms with Crippen LogP contribution in [0.15, 0.2) is 48.5 Å². The highest BCUT2D eigenvalue weighted by Gasteiger charge is 2.28. The van der Waals surface area contributed by atoms with Crippen molar-refractivity contribution in [2.45, 2.75) is 84.5 Å². The molecule has 1 N–H and O–H groups in total. The second kappa shape index (κ2) is 11.4. The van der Waals surface area contributed by atoms with E-state index in [1.54, 1.807) is 12.1 Å². The Hall–Kier alpha value is -3.94. The van der Waals surface area contributed by atoms with Crippen molar-refractivity contribution in [2.75, 3.05) is 0 Å². The maximum atomic E-state index is 11.7. The van der Waals surface area contributed by atoms with Crippen molar-refractivity contribution >= 4 is 17.0 Å². The molecular formula is C31H36N4O4. The molecule has 1 aliphatic carbocycles. The van der Waals surface area contributed by atoms with Crippen molar-refractivity contribution in [3.8, 4) is 22.9 Å². The van der Waals surface area contributed by atoms with Gasteiger partial charge in [0.1, 0.15) is 11.3 Å². The Morgan fingerprint density at radius 3 is 2.23 bits per heavy atom. The van der Waals surface area contributed by atoms with Crippen LogP contribution >= 0.6 is 0 Å². The first kappa shape index (κ1) is 26.7. The molecule has 5 rings (SSSR count). The van der Waals surface area contributed by atoms with E-state index in [1.807, 2.05) is 64.1 Å². The fourth-order valence-corrected chi connectivity index (χ4v) is 5.35. The summed E-state index contributed by atoms with van der Waals surface area (Å²) in [6.07, 6.45) is 5.67. The Balaban J connectivity index is 1.60. The van der Waals surface area contributed by atoms with Crippen LogP contribution in [0.4, 0.5) is 0 Å². The van der Waals surface area contributed by atoms with E-state index in [4.69, 9.17) is 14.5 Å². The fraction of sp³-hybridized carbons (Fsp3) is 0.419. The lowest BCUT2D eigenvalue weighted by Gasteiger charge is -2.22. The number of hydrogen-bond donors (Lipinski definition) is 1. The normalized spacial score (nSPS) is 14.3. The zero-order chi connectivity index (χ0) is 27.5. The first-order valence-electron chi connectivity index (χ1n) is 13.8. The quantitative estimate of drug-likeness (QED) is 0.253. The molecule has 8 nitrogen and oxygen atoms in total. The van der Waals surface area contributed by atoms with Crippen molar-refractivity contribution in [3.63, 3.8) is 0 Å². The molecule has 39 heavy (non-hydrogen) atoms. The summed E-state index contributed by atoms with van der Waals surface area (Å²) < 4.78 is 14.4. The number of carboxylic acids is 1. The van der Waals surface area contributed by atoms with Gasteiger partial charge in [-0.25, -0.2) is 9.78 Å². The van der Waals surface area contributed by atoms with E-state index in [1.165, 1.54) is 19.3 Å². The van der Waals surface area contributed by atoms with Crippen molar-refractivity contribution in [1.82, 2.24) is 19.7 Å². The minimum atomic E-state index is -0.935. The Labute approximate surface area is 229 Å². The fourth-order valence-electron chi connectivity index (χ4n) is 5.35. The van der Waals surface area contributed by atoms with Crippen LogP contribution < -0.4 is 9.47 Å². The molecule has 1 aliphatic rings. The van der Waals surface area contributed by atoms with Crippen molar-refractivity contribution in [1.29, 1.82) is 0 Å². The summed E-state index contributed by atoms with van der Waals surface area (Å²) >= 11 is 0. The second-order valence-corrected chi connectivity index (χ2v) is 10.8. The number of aromatic carboxylic acids is 1. The summed E-state index contributed by atoms with van der Waals surface area (Å²) in [6, 6.07) is 15.1. The van der Waals surface area contributed by atoms with E-state index in [0.717, 1.165) is 35.3 Å². The second-order valence-electron chi connectivity index (χ2n) is 10.8. The third-order valence-corrected chi connectivity index (χ3v) is 7.06. The standard InChI is InChI=1S/C31H36N4O4/c1-19(2)38-29-26-27(30(34-33-29)39-20(3)4)35(28(32-26)23-10-6-5-7-11-23)18-21-14-16-22(17-15-21)24-12-8-9-13-25(24)31(36)37/h8-9,12-17,19-20,23H,5-7,10-11,18H2,1-4H3,(H,36,37). The molecule has 0 atom stereocenters. The van der Waals surface area contributed by atoms with E-state index < -0.39 is 5.97 Å². The molecule has 0 unspecified atom stereocenters. The Kier molecular flexibility index (Phi) is 7.82. The van der Waals surface area contributed by atoms with Crippen LogP contribution in [-0.2, 0) is 6.54 Å². The molecule has 2 aromatic carbocycles. The molecule has 1 saturated carbocycles. The number of imidazole rings is 1. The maximum Gasteiger partial charge on any atom is 0.336 e. The molecule has 0 saturated heterocycles. The molecular weight excluding hydrogens is 492 g/mol. The van der Waals surface area contributed by atoms with Gasteiger partial charge in [0.15, 0.2) is 5.52 Å². The highest BCUT2D eigenvalue weighted by Crippen LogP contribution is 2.38. The lowest BCUT2D eigenvalue weighted by molar-refractivity contribution is 0.0697. The molecule has 0 aliphatic heterocycles. The van der Waals surface area contributed by atoms with Crippen LogP contribution in [0.3, 0.4) is 0 Å². The van der Waals surface area contributed by atoms with Gasteiger partial charge in [0.25, 0.3) is 11.8 Å². The SMILES string of the molecule is CC(C)Oc1nnc(OC(C)C)c2c1nc(C1CCCCC1)n2Cc1ccc(-c2ccccc2C(=O)O)cc1. The van der Waals surface area contributed by atoms with Gasteiger partial charge in [-0.05, 0) is 63.3 Å². The van der Waals surface area contributed by atoms with Crippen molar-refractivity contribution in [3.05, 3.63) is 65.5 Å². The van der Waals surface area contributed by atoms with Gasteiger partial charge in [0, 0.05) is 12.5 Å². The van der Waals surface area contributed by atoms with Crippen LogP contribution in [0.1, 0.15) is 87.5 Å². The highest BCUT2D eigenvalue weighted by molar-refractivity contribution is 5.96. The summed E-state index contributed by atoms with van der Waals surface area (Å²) in [5.74, 6) is 1.30. The number of nitrogens with zero attached hydrogens (tertiary/aromatic N) is 4. The van der Waals surface area contributed by atoms with E-state index in [2.05, 4.69) is 14.8 Å². The van der Waals surface area contributed by atoms with Gasteiger partial charge >= 0.3 is 5.97 Å². The zero-order valence-corrected chi connectivity index (χ0v) is 23.1. The molecule has 4 aromatic rings. The summed E-state index contributed by atoms with van der Waals surface area (Å²) in [7, 11) is 0. The van der Waals surface area contributed by atoms with Crippen LogP contribution in [0.2, 0.25) is 0 Å². The lowest BCUT2D eigenvalue weighted by Crippen LogP contribution is -2.15. The average Bonchev–Trinajstić information content (AvgIpc) is 3.30. The van der Waals surface area contributed by atoms with Crippen molar-refractivity contribution in [2.24, 2.45) is 0 Å². The van der Waals surface area contributed by atoms with Crippen molar-refractivity contribution < 1.29 is 19.4 Å². The highest BCUT2D eigenvalue weighted by atomic mass is 16.5. The van der Waals surface area contributed by atoms with Gasteiger partial charge in [-0.3, -0.25) is 0 Å². The third kappa shape index (κ3) is 5.75. The zero-order valence-electron chi connectivity index (χ0n) is 23.1. The smallest absolute Gasteiger partial charge is 0.336 e. The molecule has 2 aromatic heterocycles. The molecule has 0 radical (unpaired) electrons. The van der Waals surface area contributed by atoms with Gasteiger partial charge in [0.05, 0.1) is 17.8 Å². The van der Waals surface area contributed by atoms with E-state index in [-0.39, 0.29) is 17.8 Å². The summed E-state index contributed by atoms with van der Waals surface area (Å²) in [5, 5.41) is 18.4. The van der Waals surface area contributed by atoms with E-state index >= 15 is 0 Å². The summed E-state index contributed by atoms with van der Waals surface area (Å²) in [5.41, 5.74) is 4.41. The Morgan fingerprint density at radius 2 is 1.56 bits per heavy atom. The topological polar surface area (TPSA) is 99.4 Å². The largest absolute Gasteiger partial charge is 0.478 e. The number of ether oxygens (including phenoxy) is 2. The molecule has 0 amide bonds. The van der Waals surface area contributed by atoms with Gasteiger partial charge in [-0.2, -0.15) is 0 Å². The van der Waals surface area contributed by atoms with Gasteiger partial charge in [0.2, 0.25) is 0 Å². The Morgan fingerprint density at radius 1 is 0.923 bits per heavy atom. The van der Waals surface area contributed by atoms with Gasteiger partial charge < -0.3 is 19.1 Å². The van der Waals surface area contributed by atoms with Gasteiger partial charge in [-0.1, -0.05) is 61.7 Å². The predicted octanol–water partition coefficient (Wildman–Crippen LogP) is 6.86. The number of carboxylic acid groups (broad SMARTS) is 1. The Bertz CT molecular complexity index is 1450. The van der Waals surface area contributed by atoms with Gasteiger partial charge in [-0.15, -0.1) is 10.2 Å². The molecule has 1 fully saturated rings. The number of carbonyl (C=O) groups is 1. The monoisotopic (exact) mass is 528 g/mol. The molecule has 2 heterocycles. The minimum absolute atomic E-state index is 0.0659. The van der Waals surface area contributed by atoms with E-state index in [9.17, 15) is 9.90 Å². The number of fused-ring (bicyclic) bond motifs is 1. The molecule has 8 heteroatoms. The summed E-state index contributed by atoms with van der Waals surface area (Å²) in [4.78, 5) is 16.9. The number of benzene rings is 2. The molecule has 0 spiro atoms. The maximum absolute atomic E-state index is 11.7. The predicted molar refractivity (Wildman–Crippen MR) is 151 cm³/mol. The average molecular weight is 529 g/mol. The minimum Gasteiger partial charge on any atom is -0.478 e. The molecule has 0 bridgehead atoms. The first-order chi connectivity index (χ1) is 18.8. The molecule has 204 valence electrons. The number of rotatable bonds is 9. The number of hydrogen-bond acceptors (Lipinski definition) is 6. The lowest BCUT2D eigenvalue weighted by atomic mass is 9.88. The third-order valence-electron chi connectivity index (χ3n) is 7.06. The number of aromatic nitrogens is 4. The van der Waals surface area contributed by atoms with Crippen LogP contribution in [0, 0.1) is 0 Å². The first-order valence-corrected chi connectivity index (χ1v) is 13.8.